The molecule has 0 saturated carbocycles. The van der Waals surface area contributed by atoms with Crippen LogP contribution >= 0.6 is 0 Å². The van der Waals surface area contributed by atoms with Gasteiger partial charge in [0.05, 0.1) is 0 Å². The molecule has 0 radical (unpaired) electrons. The SMILES string of the molecule is Cc1ccc(C(C)(C)N2CC[C@](CO)(CCc3cc[nH]c(=O)c3)C2)cn1. The van der Waals surface area contributed by atoms with E-state index < -0.39 is 0 Å². The Hall–Kier alpha value is -1.98. The van der Waals surface area contributed by atoms with Crippen LogP contribution in [0.15, 0.2) is 41.5 Å². The molecule has 2 N–H and O–H groups in total. The first-order chi connectivity index (χ1) is 12.3. The fourth-order valence-corrected chi connectivity index (χ4v) is 3.89. The Morgan fingerprint density at radius 3 is 2.81 bits per heavy atom. The summed E-state index contributed by atoms with van der Waals surface area (Å²) in [6, 6.07) is 7.80. The summed E-state index contributed by atoms with van der Waals surface area (Å²) >= 11 is 0. The molecule has 0 unspecified atom stereocenters. The number of aliphatic hydroxyl groups is 1. The number of likely N-dealkylation sites (tertiary alicyclic amines) is 1. The summed E-state index contributed by atoms with van der Waals surface area (Å²) in [5.74, 6) is 0. The average Bonchev–Trinajstić information content (AvgIpc) is 3.06. The fraction of sp³-hybridized carbons (Fsp3) is 0.524. The third-order valence-electron chi connectivity index (χ3n) is 5.97. The first-order valence-electron chi connectivity index (χ1n) is 9.31. The number of hydrogen-bond donors (Lipinski definition) is 2. The highest BCUT2D eigenvalue weighted by Crippen LogP contribution is 2.41. The number of rotatable bonds is 6. The van der Waals surface area contributed by atoms with E-state index in [1.54, 1.807) is 12.3 Å². The molecule has 0 aliphatic carbocycles. The van der Waals surface area contributed by atoms with Crippen LogP contribution < -0.4 is 5.56 Å². The van der Waals surface area contributed by atoms with E-state index in [0.29, 0.717) is 0 Å². The van der Waals surface area contributed by atoms with Gasteiger partial charge in [-0.3, -0.25) is 14.7 Å². The monoisotopic (exact) mass is 355 g/mol. The van der Waals surface area contributed by atoms with Gasteiger partial charge in [-0.05, 0) is 69.8 Å². The summed E-state index contributed by atoms with van der Waals surface area (Å²) in [6.07, 6.45) is 6.31. The van der Waals surface area contributed by atoms with Crippen molar-refractivity contribution in [1.82, 2.24) is 14.9 Å². The summed E-state index contributed by atoms with van der Waals surface area (Å²) in [5, 5.41) is 10.1. The van der Waals surface area contributed by atoms with Gasteiger partial charge in [0.15, 0.2) is 0 Å². The lowest BCUT2D eigenvalue weighted by molar-refractivity contribution is 0.0870. The number of H-pyrrole nitrogens is 1. The topological polar surface area (TPSA) is 69.2 Å². The zero-order valence-corrected chi connectivity index (χ0v) is 16.0. The molecular formula is C21H29N3O2. The minimum absolute atomic E-state index is 0.0680. The van der Waals surface area contributed by atoms with Gasteiger partial charge in [0.25, 0.3) is 0 Å². The molecule has 1 atom stereocenters. The molecule has 3 rings (SSSR count). The van der Waals surface area contributed by atoms with Crippen molar-refractivity contribution in [3.8, 4) is 0 Å². The van der Waals surface area contributed by atoms with Crippen LogP contribution in [0.2, 0.25) is 0 Å². The second-order valence-electron chi connectivity index (χ2n) is 8.14. The quantitative estimate of drug-likeness (QED) is 0.836. The van der Waals surface area contributed by atoms with Crippen LogP contribution in [0, 0.1) is 12.3 Å². The highest BCUT2D eigenvalue weighted by molar-refractivity contribution is 5.22. The van der Waals surface area contributed by atoms with Crippen LogP contribution in [0.4, 0.5) is 0 Å². The maximum Gasteiger partial charge on any atom is 0.248 e. The maximum absolute atomic E-state index is 11.5. The van der Waals surface area contributed by atoms with Crippen molar-refractivity contribution >= 4 is 0 Å². The predicted octanol–water partition coefficient (Wildman–Crippen LogP) is 2.63. The molecule has 5 nitrogen and oxygen atoms in total. The molecule has 26 heavy (non-hydrogen) atoms. The van der Waals surface area contributed by atoms with Crippen LogP contribution in [-0.4, -0.2) is 39.7 Å². The Balaban J connectivity index is 1.71. The fourth-order valence-electron chi connectivity index (χ4n) is 3.89. The van der Waals surface area contributed by atoms with Crippen LogP contribution in [0.1, 0.15) is 43.5 Å². The van der Waals surface area contributed by atoms with Crippen molar-refractivity contribution < 1.29 is 5.11 Å². The van der Waals surface area contributed by atoms with Gasteiger partial charge >= 0.3 is 0 Å². The van der Waals surface area contributed by atoms with E-state index in [1.165, 1.54) is 5.56 Å². The van der Waals surface area contributed by atoms with Crippen molar-refractivity contribution in [1.29, 1.82) is 0 Å². The molecule has 2 aromatic heterocycles. The zero-order chi connectivity index (χ0) is 18.8. The molecule has 1 aliphatic rings. The normalized spacial score (nSPS) is 21.2. The predicted molar refractivity (Wildman–Crippen MR) is 103 cm³/mol. The minimum atomic E-state index is -0.123. The second kappa shape index (κ2) is 7.33. The Morgan fingerprint density at radius 1 is 1.35 bits per heavy atom. The number of aliphatic hydroxyl groups excluding tert-OH is 1. The van der Waals surface area contributed by atoms with E-state index in [-0.39, 0.29) is 23.1 Å². The van der Waals surface area contributed by atoms with Gasteiger partial charge in [0, 0.05) is 48.3 Å². The van der Waals surface area contributed by atoms with E-state index in [9.17, 15) is 9.90 Å². The largest absolute Gasteiger partial charge is 0.396 e. The molecule has 3 heterocycles. The van der Waals surface area contributed by atoms with E-state index in [0.717, 1.165) is 43.6 Å². The summed E-state index contributed by atoms with van der Waals surface area (Å²) in [6.45, 7) is 8.43. The van der Waals surface area contributed by atoms with Crippen molar-refractivity contribution in [3.63, 3.8) is 0 Å². The molecule has 0 aromatic carbocycles. The summed E-state index contributed by atoms with van der Waals surface area (Å²) < 4.78 is 0. The first-order valence-corrected chi connectivity index (χ1v) is 9.31. The van der Waals surface area contributed by atoms with E-state index in [2.05, 4.69) is 40.8 Å². The van der Waals surface area contributed by atoms with E-state index in [4.69, 9.17) is 0 Å². The molecule has 0 spiro atoms. The highest BCUT2D eigenvalue weighted by Gasteiger charge is 2.43. The van der Waals surface area contributed by atoms with Gasteiger partial charge in [-0.2, -0.15) is 0 Å². The van der Waals surface area contributed by atoms with Gasteiger partial charge in [-0.25, -0.2) is 0 Å². The van der Waals surface area contributed by atoms with Gasteiger partial charge in [-0.1, -0.05) is 6.07 Å². The summed E-state index contributed by atoms with van der Waals surface area (Å²) in [7, 11) is 0. The van der Waals surface area contributed by atoms with Crippen LogP contribution in [0.3, 0.4) is 0 Å². The van der Waals surface area contributed by atoms with Crippen LogP contribution in [0.5, 0.6) is 0 Å². The lowest BCUT2D eigenvalue weighted by Crippen LogP contribution is -2.42. The average molecular weight is 355 g/mol. The number of aromatic amines is 1. The highest BCUT2D eigenvalue weighted by atomic mass is 16.3. The molecule has 0 bridgehead atoms. The molecule has 2 aromatic rings. The lowest BCUT2D eigenvalue weighted by atomic mass is 9.82. The summed E-state index contributed by atoms with van der Waals surface area (Å²) in [4.78, 5) is 21.0. The smallest absolute Gasteiger partial charge is 0.248 e. The Bertz CT molecular complexity index is 797. The third kappa shape index (κ3) is 3.89. The number of aromatic nitrogens is 2. The molecule has 0 amide bonds. The summed E-state index contributed by atoms with van der Waals surface area (Å²) in [5.41, 5.74) is 2.95. The molecule has 140 valence electrons. The van der Waals surface area contributed by atoms with Crippen molar-refractivity contribution in [2.75, 3.05) is 19.7 Å². The molecular weight excluding hydrogens is 326 g/mol. The standard InChI is InChI=1S/C21H29N3O2/c1-16-4-5-18(13-23-16)20(2,3)24-11-9-21(14-24,15-25)8-6-17-7-10-22-19(26)12-17/h4-5,7,10,12-13,25H,6,8-9,11,14-15H2,1-3H3,(H,22,26)/t21-/m1/s1. The van der Waals surface area contributed by atoms with Crippen molar-refractivity contribution in [2.24, 2.45) is 5.41 Å². The molecule has 1 saturated heterocycles. The number of aryl methyl sites for hydroxylation is 2. The van der Waals surface area contributed by atoms with Crippen molar-refractivity contribution in [3.05, 3.63) is 63.8 Å². The van der Waals surface area contributed by atoms with E-state index >= 15 is 0 Å². The van der Waals surface area contributed by atoms with Gasteiger partial charge in [-0.15, -0.1) is 0 Å². The Kier molecular flexibility index (Phi) is 5.30. The van der Waals surface area contributed by atoms with Crippen LogP contribution in [-0.2, 0) is 12.0 Å². The van der Waals surface area contributed by atoms with Crippen LogP contribution in [0.25, 0.3) is 0 Å². The Labute approximate surface area is 155 Å². The minimum Gasteiger partial charge on any atom is -0.396 e. The number of pyridine rings is 2. The number of nitrogens with one attached hydrogen (secondary N) is 1. The van der Waals surface area contributed by atoms with Gasteiger partial charge in [0.2, 0.25) is 5.56 Å². The van der Waals surface area contributed by atoms with Crippen molar-refractivity contribution in [2.45, 2.75) is 45.6 Å². The van der Waals surface area contributed by atoms with E-state index in [1.807, 2.05) is 19.2 Å². The zero-order valence-electron chi connectivity index (χ0n) is 16.0. The third-order valence-corrected chi connectivity index (χ3v) is 5.97. The van der Waals surface area contributed by atoms with Gasteiger partial charge < -0.3 is 10.1 Å². The first kappa shape index (κ1) is 18.8. The lowest BCUT2D eigenvalue weighted by Gasteiger charge is -2.37. The molecule has 1 fully saturated rings. The second-order valence-corrected chi connectivity index (χ2v) is 8.14. The Morgan fingerprint density at radius 2 is 2.15 bits per heavy atom. The van der Waals surface area contributed by atoms with Gasteiger partial charge in [0.1, 0.15) is 0 Å². The number of hydrogen-bond acceptors (Lipinski definition) is 4. The maximum atomic E-state index is 11.5. The molecule has 1 aliphatic heterocycles. The number of nitrogens with zero attached hydrogens (tertiary/aromatic N) is 2. The molecule has 5 heteroatoms.